The lowest BCUT2D eigenvalue weighted by Crippen LogP contribution is -2.32. The molecule has 0 aromatic heterocycles. The van der Waals surface area contributed by atoms with Crippen molar-refractivity contribution in [2.75, 3.05) is 0 Å². The van der Waals surface area contributed by atoms with Gasteiger partial charge < -0.3 is 41.7 Å². The van der Waals surface area contributed by atoms with Gasteiger partial charge in [-0.1, -0.05) is 0 Å². The molecular formula is C6H12N4O6. The van der Waals surface area contributed by atoms with Crippen LogP contribution in [0, 0.1) is 0 Å². The van der Waals surface area contributed by atoms with E-state index in [9.17, 15) is 9.59 Å². The second-order valence-corrected chi connectivity index (χ2v) is 3.01. The molecule has 2 rings (SSSR count). The van der Waals surface area contributed by atoms with E-state index in [-0.39, 0.29) is 0 Å². The normalized spacial score (nSPS) is 36.5. The molecule has 92 valence electrons. The molecule has 4 atom stereocenters. The molecule has 16 heavy (non-hydrogen) atoms. The number of nitrogens with one attached hydrogen (secondary N) is 4. The average Bonchev–Trinajstić information content (AvgIpc) is 2.58. The van der Waals surface area contributed by atoms with Gasteiger partial charge >= 0.3 is 12.1 Å². The number of hydrogen-bond acceptors (Lipinski definition) is 6. The SMILES string of the molecule is O=C1N[C@@H](O)[C@@H](O)N1.O=C1N[C@H](O)[C@@H](O)N1. The van der Waals surface area contributed by atoms with Crippen LogP contribution in [-0.4, -0.2) is 57.4 Å². The van der Waals surface area contributed by atoms with E-state index < -0.39 is 37.0 Å². The van der Waals surface area contributed by atoms with Crippen molar-refractivity contribution in [1.82, 2.24) is 21.3 Å². The predicted octanol–water partition coefficient (Wildman–Crippen LogP) is -4.13. The zero-order chi connectivity index (χ0) is 12.3. The van der Waals surface area contributed by atoms with Crippen molar-refractivity contribution in [3.05, 3.63) is 0 Å². The summed E-state index contributed by atoms with van der Waals surface area (Å²) >= 11 is 0. The fourth-order valence-corrected chi connectivity index (χ4v) is 0.936. The van der Waals surface area contributed by atoms with Gasteiger partial charge in [-0.15, -0.1) is 0 Å². The van der Waals surface area contributed by atoms with Crippen LogP contribution in [0.1, 0.15) is 0 Å². The van der Waals surface area contributed by atoms with Crippen LogP contribution in [-0.2, 0) is 0 Å². The highest BCUT2D eigenvalue weighted by Gasteiger charge is 2.27. The van der Waals surface area contributed by atoms with Gasteiger partial charge in [0.05, 0.1) is 0 Å². The largest absolute Gasteiger partial charge is 0.369 e. The van der Waals surface area contributed by atoms with E-state index in [1.807, 2.05) is 21.3 Å². The summed E-state index contributed by atoms with van der Waals surface area (Å²) < 4.78 is 0. The number of aliphatic hydroxyl groups excluding tert-OH is 4. The molecule has 2 fully saturated rings. The maximum Gasteiger partial charge on any atom is 0.319 e. The Labute approximate surface area is 89.3 Å². The summed E-state index contributed by atoms with van der Waals surface area (Å²) in [7, 11) is 0. The minimum Gasteiger partial charge on any atom is -0.369 e. The first-order valence-corrected chi connectivity index (χ1v) is 4.26. The van der Waals surface area contributed by atoms with Crippen molar-refractivity contribution in [2.24, 2.45) is 0 Å². The summed E-state index contributed by atoms with van der Waals surface area (Å²) in [5, 5.41) is 42.2. The topological polar surface area (TPSA) is 163 Å². The smallest absolute Gasteiger partial charge is 0.319 e. The van der Waals surface area contributed by atoms with Crippen LogP contribution in [0.15, 0.2) is 0 Å². The maximum absolute atomic E-state index is 10.1. The number of rotatable bonds is 0. The van der Waals surface area contributed by atoms with E-state index in [2.05, 4.69) is 0 Å². The number of carbonyl (C=O) groups excluding carboxylic acids is 2. The molecule has 2 aliphatic rings. The van der Waals surface area contributed by atoms with Gasteiger partial charge in [0.2, 0.25) is 0 Å². The number of urea groups is 2. The summed E-state index contributed by atoms with van der Waals surface area (Å²) in [6.45, 7) is 0. The predicted molar refractivity (Wildman–Crippen MR) is 47.4 cm³/mol. The van der Waals surface area contributed by atoms with Crippen molar-refractivity contribution in [2.45, 2.75) is 24.9 Å². The first-order valence-electron chi connectivity index (χ1n) is 4.26. The molecule has 2 saturated heterocycles. The highest BCUT2D eigenvalue weighted by Crippen LogP contribution is 1.92. The molecule has 0 radical (unpaired) electrons. The van der Waals surface area contributed by atoms with Crippen molar-refractivity contribution in [1.29, 1.82) is 0 Å². The minimum absolute atomic E-state index is 0.551. The molecule has 10 nitrogen and oxygen atoms in total. The van der Waals surface area contributed by atoms with E-state index in [1.165, 1.54) is 0 Å². The highest BCUT2D eigenvalue weighted by molar-refractivity contribution is 5.76. The first kappa shape index (κ1) is 12.4. The molecule has 4 amide bonds. The third-order valence-corrected chi connectivity index (χ3v) is 1.71. The Morgan fingerprint density at radius 2 is 0.812 bits per heavy atom. The second kappa shape index (κ2) is 4.94. The van der Waals surface area contributed by atoms with Crippen LogP contribution in [0.4, 0.5) is 9.59 Å². The summed E-state index contributed by atoms with van der Waals surface area (Å²) in [4.78, 5) is 20.2. The minimum atomic E-state index is -1.16. The molecule has 0 saturated carbocycles. The van der Waals surface area contributed by atoms with Crippen LogP contribution in [0.25, 0.3) is 0 Å². The van der Waals surface area contributed by atoms with Crippen molar-refractivity contribution >= 4 is 12.1 Å². The number of amides is 4. The zero-order valence-corrected chi connectivity index (χ0v) is 7.91. The molecule has 0 aromatic rings. The summed E-state index contributed by atoms with van der Waals surface area (Å²) in [5.41, 5.74) is 0. The lowest BCUT2D eigenvalue weighted by Gasteiger charge is -2.02. The van der Waals surface area contributed by atoms with E-state index in [0.29, 0.717) is 0 Å². The Bertz CT molecular complexity index is 234. The second-order valence-electron chi connectivity index (χ2n) is 3.01. The fraction of sp³-hybridized carbons (Fsp3) is 0.667. The molecule has 0 aliphatic carbocycles. The lowest BCUT2D eigenvalue weighted by atomic mass is 10.5. The van der Waals surface area contributed by atoms with E-state index in [1.54, 1.807) is 0 Å². The fourth-order valence-electron chi connectivity index (χ4n) is 0.936. The zero-order valence-electron chi connectivity index (χ0n) is 7.91. The third-order valence-electron chi connectivity index (χ3n) is 1.71. The van der Waals surface area contributed by atoms with E-state index in [0.717, 1.165) is 0 Å². The third kappa shape index (κ3) is 3.20. The van der Waals surface area contributed by atoms with Gasteiger partial charge in [-0.25, -0.2) is 9.59 Å². The molecule has 2 heterocycles. The maximum atomic E-state index is 10.1. The van der Waals surface area contributed by atoms with Crippen LogP contribution >= 0.6 is 0 Å². The van der Waals surface area contributed by atoms with Gasteiger partial charge in [-0.2, -0.15) is 0 Å². The summed E-state index contributed by atoms with van der Waals surface area (Å²) in [6, 6.07) is -1.10. The number of hydrogen-bond donors (Lipinski definition) is 8. The Balaban J connectivity index is 0.000000160. The first-order chi connectivity index (χ1) is 7.40. The number of aliphatic hydroxyl groups is 4. The average molecular weight is 236 g/mol. The van der Waals surface area contributed by atoms with Gasteiger partial charge in [-0.05, 0) is 0 Å². The molecule has 10 heteroatoms. The molecule has 0 unspecified atom stereocenters. The van der Waals surface area contributed by atoms with Gasteiger partial charge in [0.1, 0.15) is 0 Å². The standard InChI is InChI=1S/2C3H6N2O3/c2*6-1-2(7)5-3(8)4-1/h2*1-2,6-7H,(H2,4,5,8)/t1-,2+;1-,2-/m.1/s1. The van der Waals surface area contributed by atoms with E-state index in [4.69, 9.17) is 20.4 Å². The summed E-state index contributed by atoms with van der Waals surface area (Å²) in [6.07, 6.45) is -4.66. The van der Waals surface area contributed by atoms with Gasteiger partial charge in [0.25, 0.3) is 0 Å². The van der Waals surface area contributed by atoms with Gasteiger partial charge in [-0.3, -0.25) is 0 Å². The Morgan fingerprint density at radius 1 is 0.625 bits per heavy atom. The van der Waals surface area contributed by atoms with Crippen LogP contribution in [0.2, 0.25) is 0 Å². The monoisotopic (exact) mass is 236 g/mol. The molecule has 0 aromatic carbocycles. The van der Waals surface area contributed by atoms with Crippen LogP contribution < -0.4 is 21.3 Å². The van der Waals surface area contributed by atoms with Gasteiger partial charge in [0, 0.05) is 0 Å². The van der Waals surface area contributed by atoms with Crippen LogP contribution in [0.3, 0.4) is 0 Å². The molecule has 2 aliphatic heterocycles. The summed E-state index contributed by atoms with van der Waals surface area (Å²) in [5.74, 6) is 0. The van der Waals surface area contributed by atoms with Crippen LogP contribution in [0.5, 0.6) is 0 Å². The van der Waals surface area contributed by atoms with Crippen molar-refractivity contribution in [3.63, 3.8) is 0 Å². The molecule has 8 N–H and O–H groups in total. The highest BCUT2D eigenvalue weighted by atomic mass is 16.4. The Kier molecular flexibility index (Phi) is 3.84. The molecule has 0 bridgehead atoms. The quantitative estimate of drug-likeness (QED) is 0.213. The van der Waals surface area contributed by atoms with E-state index >= 15 is 0 Å². The molecular weight excluding hydrogens is 224 g/mol. The molecule has 0 spiro atoms. The Hall–Kier alpha value is -1.62. The number of carbonyl (C=O) groups is 2. The van der Waals surface area contributed by atoms with Crippen molar-refractivity contribution in [3.8, 4) is 0 Å². The lowest BCUT2D eigenvalue weighted by molar-refractivity contribution is 0.0215. The Morgan fingerprint density at radius 3 is 0.875 bits per heavy atom. The van der Waals surface area contributed by atoms with Gasteiger partial charge in [0.15, 0.2) is 24.9 Å². The van der Waals surface area contributed by atoms with Crippen molar-refractivity contribution < 1.29 is 30.0 Å².